The van der Waals surface area contributed by atoms with Gasteiger partial charge in [0, 0.05) is 19.1 Å². The molecule has 16 heavy (non-hydrogen) atoms. The Morgan fingerprint density at radius 3 is 2.75 bits per heavy atom. The number of piperidine rings is 1. The average molecular weight is 249 g/mol. The van der Waals surface area contributed by atoms with E-state index in [1.54, 1.807) is 6.92 Å². The van der Waals surface area contributed by atoms with Gasteiger partial charge in [0.25, 0.3) is 0 Å². The predicted molar refractivity (Wildman–Crippen MR) is 65.7 cm³/mol. The molecule has 0 aromatic heterocycles. The SMILES string of the molecule is CC(CN)S(=O)(=O)NCC1CCCCN1C. The van der Waals surface area contributed by atoms with Crippen molar-refractivity contribution in [3.8, 4) is 0 Å². The minimum atomic E-state index is -3.23. The molecule has 2 atom stereocenters. The van der Waals surface area contributed by atoms with Gasteiger partial charge in [-0.15, -0.1) is 0 Å². The highest BCUT2D eigenvalue weighted by molar-refractivity contribution is 7.90. The van der Waals surface area contributed by atoms with Gasteiger partial charge in [0.1, 0.15) is 0 Å². The summed E-state index contributed by atoms with van der Waals surface area (Å²) in [4.78, 5) is 2.22. The van der Waals surface area contributed by atoms with Crippen molar-refractivity contribution in [1.29, 1.82) is 0 Å². The Morgan fingerprint density at radius 1 is 1.50 bits per heavy atom. The summed E-state index contributed by atoms with van der Waals surface area (Å²) in [5, 5.41) is -0.513. The van der Waals surface area contributed by atoms with E-state index in [0.717, 1.165) is 13.0 Å². The Morgan fingerprint density at radius 2 is 2.19 bits per heavy atom. The number of nitrogens with one attached hydrogen (secondary N) is 1. The summed E-state index contributed by atoms with van der Waals surface area (Å²) in [7, 11) is -1.19. The Bertz CT molecular complexity index is 305. The van der Waals surface area contributed by atoms with Gasteiger partial charge in [-0.25, -0.2) is 13.1 Å². The molecule has 1 aliphatic rings. The zero-order valence-corrected chi connectivity index (χ0v) is 11.0. The molecular formula is C10H23N3O2S. The molecule has 0 aromatic carbocycles. The fourth-order valence-electron chi connectivity index (χ4n) is 1.88. The normalized spacial score (nSPS) is 25.6. The fourth-order valence-corrected chi connectivity index (χ4v) is 2.85. The number of sulfonamides is 1. The first-order valence-electron chi connectivity index (χ1n) is 5.86. The summed E-state index contributed by atoms with van der Waals surface area (Å²) in [5.41, 5.74) is 5.36. The lowest BCUT2D eigenvalue weighted by molar-refractivity contribution is 0.187. The number of hydrogen-bond donors (Lipinski definition) is 2. The van der Waals surface area contributed by atoms with Gasteiger partial charge >= 0.3 is 0 Å². The van der Waals surface area contributed by atoms with Crippen molar-refractivity contribution in [2.45, 2.75) is 37.5 Å². The molecule has 1 aliphatic heterocycles. The first kappa shape index (κ1) is 13.9. The highest BCUT2D eigenvalue weighted by atomic mass is 32.2. The van der Waals surface area contributed by atoms with Gasteiger partial charge in [0.15, 0.2) is 0 Å². The molecule has 0 radical (unpaired) electrons. The van der Waals surface area contributed by atoms with Crippen LogP contribution in [-0.4, -0.2) is 51.3 Å². The zero-order valence-electron chi connectivity index (χ0n) is 10.1. The van der Waals surface area contributed by atoms with Gasteiger partial charge in [0.05, 0.1) is 5.25 Å². The quantitative estimate of drug-likeness (QED) is 0.704. The van der Waals surface area contributed by atoms with Crippen molar-refractivity contribution >= 4 is 10.0 Å². The van der Waals surface area contributed by atoms with E-state index in [1.807, 2.05) is 7.05 Å². The van der Waals surface area contributed by atoms with Crippen LogP contribution in [-0.2, 0) is 10.0 Å². The summed E-state index contributed by atoms with van der Waals surface area (Å²) in [5.74, 6) is 0. The largest absolute Gasteiger partial charge is 0.329 e. The third kappa shape index (κ3) is 3.69. The zero-order chi connectivity index (χ0) is 12.2. The molecule has 6 heteroatoms. The van der Waals surface area contributed by atoms with Gasteiger partial charge in [0.2, 0.25) is 10.0 Å². The molecule has 5 nitrogen and oxygen atoms in total. The van der Waals surface area contributed by atoms with E-state index in [1.165, 1.54) is 12.8 Å². The number of rotatable bonds is 5. The maximum Gasteiger partial charge on any atom is 0.215 e. The van der Waals surface area contributed by atoms with E-state index in [9.17, 15) is 8.42 Å². The van der Waals surface area contributed by atoms with Crippen molar-refractivity contribution in [3.05, 3.63) is 0 Å². The standard InChI is InChI=1S/C10H23N3O2S/c1-9(7-11)16(14,15)12-8-10-5-3-4-6-13(10)2/h9-10,12H,3-8,11H2,1-2H3. The fraction of sp³-hybridized carbons (Fsp3) is 1.00. The van der Waals surface area contributed by atoms with E-state index in [0.29, 0.717) is 12.6 Å². The molecule has 1 heterocycles. The van der Waals surface area contributed by atoms with Gasteiger partial charge in [-0.2, -0.15) is 0 Å². The van der Waals surface area contributed by atoms with Crippen LogP contribution in [0.2, 0.25) is 0 Å². The second-order valence-corrected chi connectivity index (χ2v) is 6.75. The highest BCUT2D eigenvalue weighted by Gasteiger charge is 2.23. The van der Waals surface area contributed by atoms with E-state index in [4.69, 9.17) is 5.73 Å². The first-order valence-corrected chi connectivity index (χ1v) is 7.41. The number of nitrogens with two attached hydrogens (primary N) is 1. The first-order chi connectivity index (χ1) is 7.47. The van der Waals surface area contributed by atoms with E-state index < -0.39 is 15.3 Å². The molecule has 96 valence electrons. The smallest absolute Gasteiger partial charge is 0.215 e. The predicted octanol–water partition coefficient (Wildman–Crippen LogP) is -0.263. The van der Waals surface area contributed by atoms with Crippen LogP contribution >= 0.6 is 0 Å². The molecule has 0 aliphatic carbocycles. The summed E-state index contributed by atoms with van der Waals surface area (Å²) < 4.78 is 26.1. The second kappa shape index (κ2) is 5.95. The van der Waals surface area contributed by atoms with Gasteiger partial charge < -0.3 is 10.6 Å². The van der Waals surface area contributed by atoms with Crippen LogP contribution in [0.25, 0.3) is 0 Å². The number of likely N-dealkylation sites (N-methyl/N-ethyl adjacent to an activating group) is 1. The monoisotopic (exact) mass is 249 g/mol. The van der Waals surface area contributed by atoms with Crippen LogP contribution < -0.4 is 10.5 Å². The summed E-state index contributed by atoms with van der Waals surface area (Å²) in [6.45, 7) is 3.35. The van der Waals surface area contributed by atoms with Crippen molar-refractivity contribution in [1.82, 2.24) is 9.62 Å². The highest BCUT2D eigenvalue weighted by Crippen LogP contribution is 2.14. The lowest BCUT2D eigenvalue weighted by Crippen LogP contribution is -2.47. The van der Waals surface area contributed by atoms with E-state index in [2.05, 4.69) is 9.62 Å². The van der Waals surface area contributed by atoms with Crippen LogP contribution in [0.1, 0.15) is 26.2 Å². The Hall–Kier alpha value is -0.170. The number of likely N-dealkylation sites (tertiary alicyclic amines) is 1. The third-order valence-corrected chi connectivity index (χ3v) is 5.12. The lowest BCUT2D eigenvalue weighted by Gasteiger charge is -2.32. The maximum atomic E-state index is 11.7. The molecule has 0 saturated carbocycles. The van der Waals surface area contributed by atoms with Gasteiger partial charge in [-0.1, -0.05) is 6.42 Å². The van der Waals surface area contributed by atoms with Crippen molar-refractivity contribution in [2.24, 2.45) is 5.73 Å². The van der Waals surface area contributed by atoms with Crippen LogP contribution in [0.5, 0.6) is 0 Å². The van der Waals surface area contributed by atoms with Crippen LogP contribution in [0.15, 0.2) is 0 Å². The Kier molecular flexibility index (Phi) is 5.17. The van der Waals surface area contributed by atoms with E-state index in [-0.39, 0.29) is 6.54 Å². The second-order valence-electron chi connectivity index (χ2n) is 4.57. The molecule has 1 rings (SSSR count). The van der Waals surface area contributed by atoms with Crippen molar-refractivity contribution in [2.75, 3.05) is 26.7 Å². The Labute approximate surface area is 98.4 Å². The van der Waals surface area contributed by atoms with Crippen molar-refractivity contribution in [3.63, 3.8) is 0 Å². The molecule has 0 aromatic rings. The van der Waals surface area contributed by atoms with Gasteiger partial charge in [-0.3, -0.25) is 0 Å². The molecule has 0 bridgehead atoms. The van der Waals surface area contributed by atoms with E-state index >= 15 is 0 Å². The number of nitrogens with zero attached hydrogens (tertiary/aromatic N) is 1. The molecule has 0 spiro atoms. The summed E-state index contributed by atoms with van der Waals surface area (Å²) >= 11 is 0. The number of hydrogen-bond acceptors (Lipinski definition) is 4. The minimum Gasteiger partial charge on any atom is -0.329 e. The Balaban J connectivity index is 2.44. The van der Waals surface area contributed by atoms with Crippen molar-refractivity contribution < 1.29 is 8.42 Å². The van der Waals surface area contributed by atoms with Crippen LogP contribution in [0.4, 0.5) is 0 Å². The molecule has 1 saturated heterocycles. The molecule has 3 N–H and O–H groups in total. The van der Waals surface area contributed by atoms with Crippen LogP contribution in [0.3, 0.4) is 0 Å². The van der Waals surface area contributed by atoms with Gasteiger partial charge in [-0.05, 0) is 33.4 Å². The lowest BCUT2D eigenvalue weighted by atomic mass is 10.0. The maximum absolute atomic E-state index is 11.7. The van der Waals surface area contributed by atoms with Crippen LogP contribution in [0, 0.1) is 0 Å². The topological polar surface area (TPSA) is 75.4 Å². The molecular weight excluding hydrogens is 226 g/mol. The molecule has 1 fully saturated rings. The minimum absolute atomic E-state index is 0.163. The molecule has 0 amide bonds. The molecule has 2 unspecified atom stereocenters. The average Bonchev–Trinajstić information content (AvgIpc) is 2.27. The summed E-state index contributed by atoms with van der Waals surface area (Å²) in [6, 6.07) is 0.327. The summed E-state index contributed by atoms with van der Waals surface area (Å²) in [6.07, 6.45) is 3.46. The third-order valence-electron chi connectivity index (χ3n) is 3.30.